The van der Waals surface area contributed by atoms with Crippen molar-refractivity contribution in [1.29, 1.82) is 0 Å². The number of nitro groups is 1. The molecule has 1 N–H and O–H groups in total. The lowest BCUT2D eigenvalue weighted by Crippen LogP contribution is -2.02. The molecule has 0 atom stereocenters. The molecule has 0 spiro atoms. The third-order valence-electron chi connectivity index (χ3n) is 2.91. The van der Waals surface area contributed by atoms with Crippen LogP contribution in [0.4, 0.5) is 11.4 Å². The zero-order valence-corrected chi connectivity index (χ0v) is 13.9. The molecule has 4 nitrogen and oxygen atoms in total. The molecule has 20 heavy (non-hydrogen) atoms. The number of hydrogen-bond donors (Lipinski definition) is 1. The molecule has 0 amide bonds. The van der Waals surface area contributed by atoms with E-state index in [2.05, 4.69) is 37.2 Å². The van der Waals surface area contributed by atoms with E-state index in [1.54, 1.807) is 6.07 Å². The number of nitrogens with zero attached hydrogens (tertiary/aromatic N) is 1. The van der Waals surface area contributed by atoms with Crippen LogP contribution in [-0.2, 0) is 6.54 Å². The molecule has 104 valence electrons. The zero-order valence-electron chi connectivity index (χ0n) is 10.7. The van der Waals surface area contributed by atoms with Crippen LogP contribution >= 0.6 is 31.9 Å². The van der Waals surface area contributed by atoms with Gasteiger partial charge in [-0.05, 0) is 46.1 Å². The minimum absolute atomic E-state index is 0.0809. The molecule has 0 fully saturated rings. The number of non-ortho nitro benzene ring substituents is 1. The predicted octanol–water partition coefficient (Wildman–Crippen LogP) is 5.04. The van der Waals surface area contributed by atoms with Gasteiger partial charge in [-0.3, -0.25) is 10.1 Å². The van der Waals surface area contributed by atoms with Crippen molar-refractivity contribution in [3.8, 4) is 0 Å². The third kappa shape index (κ3) is 3.37. The van der Waals surface area contributed by atoms with Gasteiger partial charge in [0.2, 0.25) is 0 Å². The number of nitro benzene ring substituents is 1. The monoisotopic (exact) mass is 398 g/mol. The first kappa shape index (κ1) is 15.0. The summed E-state index contributed by atoms with van der Waals surface area (Å²) < 4.78 is 1.75. The van der Waals surface area contributed by atoms with Crippen LogP contribution in [0.5, 0.6) is 0 Å². The SMILES string of the molecule is Cc1cccc(NCc2ccc([N+](=O)[O-])cc2Br)c1Br. The molecule has 0 aromatic heterocycles. The average molecular weight is 400 g/mol. The summed E-state index contributed by atoms with van der Waals surface area (Å²) in [6.07, 6.45) is 0. The van der Waals surface area contributed by atoms with Crippen LogP contribution in [0.3, 0.4) is 0 Å². The molecular weight excluding hydrogens is 388 g/mol. The van der Waals surface area contributed by atoms with Crippen LogP contribution in [0.2, 0.25) is 0 Å². The van der Waals surface area contributed by atoms with Crippen LogP contribution < -0.4 is 5.32 Å². The van der Waals surface area contributed by atoms with Crippen LogP contribution in [0, 0.1) is 17.0 Å². The molecule has 0 aliphatic carbocycles. The summed E-state index contributed by atoms with van der Waals surface area (Å²) in [5.41, 5.74) is 3.19. The molecule has 2 aromatic carbocycles. The molecule has 2 aromatic rings. The average Bonchev–Trinajstić information content (AvgIpc) is 2.41. The van der Waals surface area contributed by atoms with Gasteiger partial charge in [-0.15, -0.1) is 0 Å². The minimum atomic E-state index is -0.404. The van der Waals surface area contributed by atoms with Gasteiger partial charge in [0.15, 0.2) is 0 Å². The van der Waals surface area contributed by atoms with Crippen molar-refractivity contribution >= 4 is 43.2 Å². The number of halogens is 2. The summed E-state index contributed by atoms with van der Waals surface area (Å²) in [7, 11) is 0. The summed E-state index contributed by atoms with van der Waals surface area (Å²) in [4.78, 5) is 10.3. The summed E-state index contributed by atoms with van der Waals surface area (Å²) in [6, 6.07) is 10.8. The third-order valence-corrected chi connectivity index (χ3v) is 4.70. The maximum absolute atomic E-state index is 10.7. The number of hydrogen-bond acceptors (Lipinski definition) is 3. The first-order chi connectivity index (χ1) is 9.49. The Labute approximate surface area is 133 Å². The summed E-state index contributed by atoms with van der Waals surface area (Å²) in [5, 5.41) is 14.0. The lowest BCUT2D eigenvalue weighted by Gasteiger charge is -2.11. The number of benzene rings is 2. The van der Waals surface area contributed by atoms with Gasteiger partial charge in [0, 0.05) is 33.3 Å². The lowest BCUT2D eigenvalue weighted by atomic mass is 10.2. The van der Waals surface area contributed by atoms with Crippen molar-refractivity contribution in [2.75, 3.05) is 5.32 Å². The van der Waals surface area contributed by atoms with Crippen LogP contribution in [0.15, 0.2) is 45.3 Å². The fourth-order valence-corrected chi connectivity index (χ4v) is 2.68. The molecule has 0 aliphatic rings. The van der Waals surface area contributed by atoms with Crippen LogP contribution in [-0.4, -0.2) is 4.92 Å². The van der Waals surface area contributed by atoms with E-state index in [0.717, 1.165) is 25.8 Å². The van der Waals surface area contributed by atoms with Crippen molar-refractivity contribution < 1.29 is 4.92 Å². The Bertz CT molecular complexity index is 660. The van der Waals surface area contributed by atoms with Gasteiger partial charge in [0.1, 0.15) is 0 Å². The number of nitrogens with one attached hydrogen (secondary N) is 1. The standard InChI is InChI=1S/C14H12Br2N2O2/c1-9-3-2-4-13(14(9)16)17-8-10-5-6-11(18(19)20)7-12(10)15/h2-7,17H,8H2,1H3. The Balaban J connectivity index is 2.15. The Kier molecular flexibility index (Phi) is 4.77. The lowest BCUT2D eigenvalue weighted by molar-refractivity contribution is -0.384. The minimum Gasteiger partial charge on any atom is -0.380 e. The first-order valence-electron chi connectivity index (χ1n) is 5.91. The zero-order chi connectivity index (χ0) is 14.7. The second kappa shape index (κ2) is 6.37. The first-order valence-corrected chi connectivity index (χ1v) is 7.49. The fraction of sp³-hybridized carbons (Fsp3) is 0.143. The summed E-state index contributed by atoms with van der Waals surface area (Å²) in [5.74, 6) is 0. The number of aryl methyl sites for hydroxylation is 1. The molecular formula is C14H12Br2N2O2. The molecule has 0 unspecified atom stereocenters. The molecule has 0 heterocycles. The van der Waals surface area contributed by atoms with Gasteiger partial charge in [-0.2, -0.15) is 0 Å². The van der Waals surface area contributed by atoms with E-state index < -0.39 is 4.92 Å². The van der Waals surface area contributed by atoms with Crippen molar-refractivity contribution in [1.82, 2.24) is 0 Å². The van der Waals surface area contributed by atoms with Gasteiger partial charge in [0.25, 0.3) is 5.69 Å². The predicted molar refractivity (Wildman–Crippen MR) is 87.0 cm³/mol. The number of rotatable bonds is 4. The molecule has 2 rings (SSSR count). The smallest absolute Gasteiger partial charge is 0.270 e. The normalized spacial score (nSPS) is 10.3. The van der Waals surface area contributed by atoms with E-state index in [0.29, 0.717) is 6.54 Å². The van der Waals surface area contributed by atoms with E-state index in [4.69, 9.17) is 0 Å². The Morgan fingerprint density at radius 2 is 2.00 bits per heavy atom. The van der Waals surface area contributed by atoms with Gasteiger partial charge < -0.3 is 5.32 Å². The highest BCUT2D eigenvalue weighted by molar-refractivity contribution is 9.11. The highest BCUT2D eigenvalue weighted by Gasteiger charge is 2.09. The van der Waals surface area contributed by atoms with Gasteiger partial charge >= 0.3 is 0 Å². The fourth-order valence-electron chi connectivity index (χ4n) is 1.77. The van der Waals surface area contributed by atoms with Crippen molar-refractivity contribution in [3.63, 3.8) is 0 Å². The summed E-state index contributed by atoms with van der Waals surface area (Å²) in [6.45, 7) is 2.61. The van der Waals surface area contributed by atoms with E-state index in [-0.39, 0.29) is 5.69 Å². The molecule has 0 bridgehead atoms. The van der Waals surface area contributed by atoms with E-state index in [1.165, 1.54) is 12.1 Å². The van der Waals surface area contributed by atoms with Gasteiger partial charge in [0.05, 0.1) is 4.92 Å². The Hall–Kier alpha value is -1.40. The van der Waals surface area contributed by atoms with Crippen LogP contribution in [0.25, 0.3) is 0 Å². The van der Waals surface area contributed by atoms with E-state index >= 15 is 0 Å². The highest BCUT2D eigenvalue weighted by Crippen LogP contribution is 2.28. The Morgan fingerprint density at radius 1 is 1.25 bits per heavy atom. The van der Waals surface area contributed by atoms with Crippen LogP contribution in [0.1, 0.15) is 11.1 Å². The topological polar surface area (TPSA) is 55.2 Å². The largest absolute Gasteiger partial charge is 0.380 e. The Morgan fingerprint density at radius 3 is 2.65 bits per heavy atom. The van der Waals surface area contributed by atoms with E-state index in [9.17, 15) is 10.1 Å². The molecule has 0 saturated carbocycles. The summed E-state index contributed by atoms with van der Waals surface area (Å²) >= 11 is 6.91. The molecule has 0 saturated heterocycles. The number of anilines is 1. The maximum atomic E-state index is 10.7. The molecule has 0 aliphatic heterocycles. The van der Waals surface area contributed by atoms with Gasteiger partial charge in [-0.25, -0.2) is 0 Å². The van der Waals surface area contributed by atoms with Crippen molar-refractivity contribution in [3.05, 3.63) is 66.6 Å². The van der Waals surface area contributed by atoms with Gasteiger partial charge in [-0.1, -0.05) is 28.1 Å². The highest BCUT2D eigenvalue weighted by atomic mass is 79.9. The quantitative estimate of drug-likeness (QED) is 0.578. The van der Waals surface area contributed by atoms with Crippen molar-refractivity contribution in [2.45, 2.75) is 13.5 Å². The van der Waals surface area contributed by atoms with Crippen molar-refractivity contribution in [2.24, 2.45) is 0 Å². The second-order valence-electron chi connectivity index (χ2n) is 4.32. The van der Waals surface area contributed by atoms with E-state index in [1.807, 2.05) is 25.1 Å². The molecule has 6 heteroatoms. The second-order valence-corrected chi connectivity index (χ2v) is 5.97. The molecule has 0 radical (unpaired) electrons. The maximum Gasteiger partial charge on any atom is 0.270 e.